The smallest absolute Gasteiger partial charge is 0.227 e. The van der Waals surface area contributed by atoms with Crippen molar-refractivity contribution >= 4 is 22.9 Å². The van der Waals surface area contributed by atoms with E-state index in [2.05, 4.69) is 4.98 Å². The van der Waals surface area contributed by atoms with Crippen molar-refractivity contribution in [2.45, 2.75) is 26.7 Å². The molecule has 0 saturated carbocycles. The van der Waals surface area contributed by atoms with E-state index in [9.17, 15) is 4.79 Å². The van der Waals surface area contributed by atoms with E-state index in [-0.39, 0.29) is 5.91 Å². The van der Waals surface area contributed by atoms with Gasteiger partial charge in [-0.15, -0.1) is 11.3 Å². The SMILES string of the molecule is Cc1nc(C)c(CCC(=O)N(C)c2ccccc2)s1. The van der Waals surface area contributed by atoms with Gasteiger partial charge in [-0.25, -0.2) is 4.98 Å². The van der Waals surface area contributed by atoms with Crippen molar-refractivity contribution in [2.24, 2.45) is 0 Å². The first-order valence-electron chi connectivity index (χ1n) is 6.32. The second-order valence-electron chi connectivity index (χ2n) is 4.53. The molecule has 1 aromatic heterocycles. The summed E-state index contributed by atoms with van der Waals surface area (Å²) in [4.78, 5) is 19.5. The van der Waals surface area contributed by atoms with Crippen LogP contribution in [-0.4, -0.2) is 17.9 Å². The Bertz CT molecular complexity index is 563. The van der Waals surface area contributed by atoms with E-state index in [1.54, 1.807) is 16.2 Å². The first-order valence-corrected chi connectivity index (χ1v) is 7.14. The van der Waals surface area contributed by atoms with Crippen LogP contribution in [0.2, 0.25) is 0 Å². The Hall–Kier alpha value is -1.68. The molecule has 0 atom stereocenters. The Morgan fingerprint density at radius 3 is 2.53 bits per heavy atom. The third-order valence-corrected chi connectivity index (χ3v) is 4.22. The highest BCUT2D eigenvalue weighted by Gasteiger charge is 2.12. The molecule has 2 rings (SSSR count). The molecular formula is C15H18N2OS. The Labute approximate surface area is 117 Å². The van der Waals surface area contributed by atoms with Gasteiger partial charge in [0.2, 0.25) is 5.91 Å². The molecule has 19 heavy (non-hydrogen) atoms. The number of hydrogen-bond acceptors (Lipinski definition) is 3. The van der Waals surface area contributed by atoms with Crippen molar-refractivity contribution in [1.29, 1.82) is 0 Å². The first-order chi connectivity index (χ1) is 9.08. The Morgan fingerprint density at radius 1 is 1.26 bits per heavy atom. The summed E-state index contributed by atoms with van der Waals surface area (Å²) in [5, 5.41) is 1.07. The predicted molar refractivity (Wildman–Crippen MR) is 79.8 cm³/mol. The molecule has 1 amide bonds. The maximum atomic E-state index is 12.1. The molecule has 0 spiro atoms. The molecule has 0 fully saturated rings. The molecule has 0 unspecified atom stereocenters. The highest BCUT2D eigenvalue weighted by atomic mass is 32.1. The molecule has 1 heterocycles. The highest BCUT2D eigenvalue weighted by molar-refractivity contribution is 7.11. The minimum absolute atomic E-state index is 0.136. The summed E-state index contributed by atoms with van der Waals surface area (Å²) in [6.07, 6.45) is 1.29. The number of rotatable bonds is 4. The molecule has 0 radical (unpaired) electrons. The van der Waals surface area contributed by atoms with Gasteiger partial charge in [0.25, 0.3) is 0 Å². The Balaban J connectivity index is 1.96. The first kappa shape index (κ1) is 13.7. The van der Waals surface area contributed by atoms with Gasteiger partial charge in [-0.2, -0.15) is 0 Å². The number of hydrogen-bond donors (Lipinski definition) is 0. The maximum absolute atomic E-state index is 12.1. The van der Waals surface area contributed by atoms with E-state index < -0.39 is 0 Å². The molecule has 0 saturated heterocycles. The number of aryl methyl sites for hydroxylation is 3. The summed E-state index contributed by atoms with van der Waals surface area (Å²) < 4.78 is 0. The van der Waals surface area contributed by atoms with Gasteiger partial charge in [0.05, 0.1) is 10.7 Å². The summed E-state index contributed by atoms with van der Waals surface area (Å²) in [7, 11) is 1.82. The van der Waals surface area contributed by atoms with Gasteiger partial charge in [-0.3, -0.25) is 4.79 Å². The van der Waals surface area contributed by atoms with Gasteiger partial charge in [-0.1, -0.05) is 18.2 Å². The van der Waals surface area contributed by atoms with Crippen LogP contribution in [0.3, 0.4) is 0 Å². The number of thiazole rings is 1. The van der Waals surface area contributed by atoms with E-state index in [0.29, 0.717) is 6.42 Å². The van der Waals surface area contributed by atoms with Crippen LogP contribution < -0.4 is 4.90 Å². The minimum Gasteiger partial charge on any atom is -0.315 e. The molecule has 1 aromatic carbocycles. The number of aromatic nitrogens is 1. The van der Waals surface area contributed by atoms with Crippen LogP contribution in [0.1, 0.15) is 22.0 Å². The number of carbonyl (C=O) groups excluding carboxylic acids is 1. The van der Waals surface area contributed by atoms with Crippen LogP contribution in [0, 0.1) is 13.8 Å². The van der Waals surface area contributed by atoms with Gasteiger partial charge < -0.3 is 4.90 Å². The summed E-state index contributed by atoms with van der Waals surface area (Å²) >= 11 is 1.68. The van der Waals surface area contributed by atoms with Crippen LogP contribution in [0.4, 0.5) is 5.69 Å². The van der Waals surface area contributed by atoms with Crippen LogP contribution in [-0.2, 0) is 11.2 Å². The largest absolute Gasteiger partial charge is 0.315 e. The quantitative estimate of drug-likeness (QED) is 0.856. The Morgan fingerprint density at radius 2 is 1.95 bits per heavy atom. The average Bonchev–Trinajstić information content (AvgIpc) is 2.74. The summed E-state index contributed by atoms with van der Waals surface area (Å²) in [5.41, 5.74) is 1.99. The molecule has 0 aliphatic heterocycles. The molecule has 0 aliphatic rings. The second-order valence-corrected chi connectivity index (χ2v) is 5.82. The average molecular weight is 274 g/mol. The van der Waals surface area contributed by atoms with Crippen molar-refractivity contribution in [3.8, 4) is 0 Å². The van der Waals surface area contributed by atoms with Crippen molar-refractivity contribution in [3.63, 3.8) is 0 Å². The number of nitrogens with zero attached hydrogens (tertiary/aromatic N) is 2. The fraction of sp³-hybridized carbons (Fsp3) is 0.333. The molecule has 0 bridgehead atoms. The van der Waals surface area contributed by atoms with E-state index in [0.717, 1.165) is 22.8 Å². The number of para-hydroxylation sites is 1. The van der Waals surface area contributed by atoms with Crippen LogP contribution in [0.5, 0.6) is 0 Å². The molecule has 2 aromatic rings. The lowest BCUT2D eigenvalue weighted by Crippen LogP contribution is -2.26. The fourth-order valence-electron chi connectivity index (χ4n) is 1.99. The molecular weight excluding hydrogens is 256 g/mol. The van der Waals surface area contributed by atoms with Crippen molar-refractivity contribution in [1.82, 2.24) is 4.98 Å². The lowest BCUT2D eigenvalue weighted by Gasteiger charge is -2.16. The second kappa shape index (κ2) is 5.97. The molecule has 4 heteroatoms. The van der Waals surface area contributed by atoms with Crippen LogP contribution >= 0.6 is 11.3 Å². The third-order valence-electron chi connectivity index (χ3n) is 3.08. The molecule has 0 N–H and O–H groups in total. The van der Waals surface area contributed by atoms with Crippen molar-refractivity contribution in [3.05, 3.63) is 45.9 Å². The standard InChI is InChI=1S/C15H18N2OS/c1-11-14(19-12(2)16-11)9-10-15(18)17(3)13-7-5-4-6-8-13/h4-8H,9-10H2,1-3H3. The van der Waals surface area contributed by atoms with E-state index in [1.165, 1.54) is 4.88 Å². The van der Waals surface area contributed by atoms with Gasteiger partial charge in [0.1, 0.15) is 0 Å². The number of benzene rings is 1. The summed E-state index contributed by atoms with van der Waals surface area (Å²) in [5.74, 6) is 0.136. The minimum atomic E-state index is 0.136. The zero-order valence-corrected chi connectivity index (χ0v) is 12.3. The van der Waals surface area contributed by atoms with Gasteiger partial charge in [-0.05, 0) is 32.4 Å². The van der Waals surface area contributed by atoms with E-state index in [4.69, 9.17) is 0 Å². The lowest BCUT2D eigenvalue weighted by atomic mass is 10.2. The van der Waals surface area contributed by atoms with Crippen molar-refractivity contribution < 1.29 is 4.79 Å². The maximum Gasteiger partial charge on any atom is 0.227 e. The van der Waals surface area contributed by atoms with E-state index >= 15 is 0 Å². The lowest BCUT2D eigenvalue weighted by molar-refractivity contribution is -0.118. The highest BCUT2D eigenvalue weighted by Crippen LogP contribution is 2.20. The topological polar surface area (TPSA) is 33.2 Å². The Kier molecular flexibility index (Phi) is 4.32. The number of amides is 1. The van der Waals surface area contributed by atoms with Gasteiger partial charge in [0, 0.05) is 24.0 Å². The fourth-order valence-corrected chi connectivity index (χ4v) is 2.93. The monoisotopic (exact) mass is 274 g/mol. The number of anilines is 1. The van der Waals surface area contributed by atoms with Crippen LogP contribution in [0.15, 0.2) is 30.3 Å². The normalized spacial score (nSPS) is 10.5. The summed E-state index contributed by atoms with van der Waals surface area (Å²) in [6, 6.07) is 9.72. The summed E-state index contributed by atoms with van der Waals surface area (Å²) in [6.45, 7) is 4.00. The predicted octanol–water partition coefficient (Wildman–Crippen LogP) is 3.36. The van der Waals surface area contributed by atoms with Crippen LogP contribution in [0.25, 0.3) is 0 Å². The van der Waals surface area contributed by atoms with Gasteiger partial charge >= 0.3 is 0 Å². The zero-order chi connectivity index (χ0) is 13.8. The zero-order valence-electron chi connectivity index (χ0n) is 11.5. The third kappa shape index (κ3) is 3.41. The van der Waals surface area contributed by atoms with Gasteiger partial charge in [0.15, 0.2) is 0 Å². The molecule has 100 valence electrons. The van der Waals surface area contributed by atoms with Crippen molar-refractivity contribution in [2.75, 3.05) is 11.9 Å². The molecule has 3 nitrogen and oxygen atoms in total. The number of carbonyl (C=O) groups is 1. The van der Waals surface area contributed by atoms with E-state index in [1.807, 2.05) is 51.2 Å². The molecule has 0 aliphatic carbocycles.